The van der Waals surface area contributed by atoms with Crippen LogP contribution in [0.5, 0.6) is 0 Å². The van der Waals surface area contributed by atoms with Crippen LogP contribution >= 0.6 is 0 Å². The van der Waals surface area contributed by atoms with E-state index in [1.165, 1.54) is 5.56 Å². The quantitative estimate of drug-likeness (QED) is 0.920. The normalized spacial score (nSPS) is 34.0. The van der Waals surface area contributed by atoms with Crippen molar-refractivity contribution in [1.29, 1.82) is 0 Å². The first-order chi connectivity index (χ1) is 9.69. The zero-order valence-corrected chi connectivity index (χ0v) is 12.3. The van der Waals surface area contributed by atoms with Crippen LogP contribution in [0.25, 0.3) is 0 Å². The zero-order chi connectivity index (χ0) is 14.0. The summed E-state index contributed by atoms with van der Waals surface area (Å²) in [7, 11) is 2.12. The average Bonchev–Trinajstić information content (AvgIpc) is 2.88. The Balaban J connectivity index is 1.60. The molecular weight excluding hydrogens is 250 g/mol. The van der Waals surface area contributed by atoms with Crippen LogP contribution in [0.15, 0.2) is 30.3 Å². The van der Waals surface area contributed by atoms with Crippen molar-refractivity contribution < 1.29 is 9.84 Å². The lowest BCUT2D eigenvalue weighted by Gasteiger charge is -2.43. The van der Waals surface area contributed by atoms with Gasteiger partial charge in [-0.05, 0) is 38.3 Å². The van der Waals surface area contributed by atoms with Crippen LogP contribution in [-0.2, 0) is 11.3 Å². The molecule has 3 nitrogen and oxygen atoms in total. The number of aliphatic hydroxyl groups is 1. The van der Waals surface area contributed by atoms with E-state index in [1.807, 2.05) is 6.07 Å². The molecule has 0 amide bonds. The molecule has 1 spiro atoms. The maximum Gasteiger partial charge on any atom is 0.0722 e. The SMILES string of the molecule is CN(Cc1ccccc1)C1CCC2(CCCO2)CC1O. The Morgan fingerprint density at radius 2 is 2.10 bits per heavy atom. The third-order valence-electron chi connectivity index (χ3n) is 4.95. The molecule has 20 heavy (non-hydrogen) atoms. The third-order valence-corrected chi connectivity index (χ3v) is 4.95. The molecule has 3 atom stereocenters. The van der Waals surface area contributed by atoms with E-state index in [9.17, 15) is 5.11 Å². The van der Waals surface area contributed by atoms with Gasteiger partial charge in [0.2, 0.25) is 0 Å². The van der Waals surface area contributed by atoms with Gasteiger partial charge in [0.15, 0.2) is 0 Å². The standard InChI is InChI=1S/C17H25NO2/c1-18(13-14-6-3-2-4-7-14)15-8-10-17(12-16(15)19)9-5-11-20-17/h2-4,6-7,15-16,19H,5,8-13H2,1H3. The number of hydrogen-bond donors (Lipinski definition) is 1. The molecule has 1 aliphatic heterocycles. The first-order valence-electron chi connectivity index (χ1n) is 7.75. The zero-order valence-electron chi connectivity index (χ0n) is 12.3. The maximum atomic E-state index is 10.5. The summed E-state index contributed by atoms with van der Waals surface area (Å²) in [5.74, 6) is 0. The fraction of sp³-hybridized carbons (Fsp3) is 0.647. The van der Waals surface area contributed by atoms with Gasteiger partial charge in [0.25, 0.3) is 0 Å². The van der Waals surface area contributed by atoms with Crippen molar-refractivity contribution in [3.63, 3.8) is 0 Å². The fourth-order valence-electron chi connectivity index (χ4n) is 3.84. The van der Waals surface area contributed by atoms with Crippen LogP contribution in [0.3, 0.4) is 0 Å². The fourth-order valence-corrected chi connectivity index (χ4v) is 3.84. The van der Waals surface area contributed by atoms with Gasteiger partial charge in [0.05, 0.1) is 11.7 Å². The number of aliphatic hydroxyl groups excluding tert-OH is 1. The van der Waals surface area contributed by atoms with Crippen molar-refractivity contribution >= 4 is 0 Å². The minimum atomic E-state index is -0.268. The Kier molecular flexibility index (Phi) is 4.11. The number of rotatable bonds is 3. The van der Waals surface area contributed by atoms with Crippen LogP contribution in [0.1, 0.15) is 37.7 Å². The number of nitrogens with zero attached hydrogens (tertiary/aromatic N) is 1. The molecule has 1 saturated heterocycles. The summed E-state index contributed by atoms with van der Waals surface area (Å²) in [6.07, 6.45) is 4.93. The van der Waals surface area contributed by atoms with E-state index in [2.05, 4.69) is 36.2 Å². The molecule has 1 aromatic rings. The van der Waals surface area contributed by atoms with Gasteiger partial charge in [-0.25, -0.2) is 0 Å². The highest BCUT2D eigenvalue weighted by Gasteiger charge is 2.44. The van der Waals surface area contributed by atoms with Crippen molar-refractivity contribution in [3.8, 4) is 0 Å². The molecule has 1 heterocycles. The van der Waals surface area contributed by atoms with Crippen LogP contribution in [-0.4, -0.2) is 41.4 Å². The highest BCUT2D eigenvalue weighted by Crippen LogP contribution is 2.40. The minimum Gasteiger partial charge on any atom is -0.391 e. The summed E-state index contributed by atoms with van der Waals surface area (Å²) in [5.41, 5.74) is 1.29. The minimum absolute atomic E-state index is 0.0104. The summed E-state index contributed by atoms with van der Waals surface area (Å²) in [6.45, 7) is 1.77. The molecule has 1 aromatic carbocycles. The van der Waals surface area contributed by atoms with Gasteiger partial charge in [-0.3, -0.25) is 4.90 Å². The lowest BCUT2D eigenvalue weighted by Crippen LogP contribution is -2.50. The van der Waals surface area contributed by atoms with Gasteiger partial charge in [0.1, 0.15) is 0 Å². The Labute approximate surface area is 121 Å². The molecular formula is C17H25NO2. The molecule has 1 aliphatic carbocycles. The van der Waals surface area contributed by atoms with Gasteiger partial charge in [-0.2, -0.15) is 0 Å². The number of ether oxygens (including phenoxy) is 1. The van der Waals surface area contributed by atoms with Crippen molar-refractivity contribution in [2.45, 2.75) is 56.4 Å². The van der Waals surface area contributed by atoms with Crippen LogP contribution in [0.4, 0.5) is 0 Å². The largest absolute Gasteiger partial charge is 0.391 e. The molecule has 3 heteroatoms. The third kappa shape index (κ3) is 2.90. The predicted molar refractivity (Wildman–Crippen MR) is 79.5 cm³/mol. The highest BCUT2D eigenvalue weighted by molar-refractivity contribution is 5.14. The van der Waals surface area contributed by atoms with E-state index in [1.54, 1.807) is 0 Å². The topological polar surface area (TPSA) is 32.7 Å². The van der Waals surface area contributed by atoms with Gasteiger partial charge in [-0.15, -0.1) is 0 Å². The van der Waals surface area contributed by atoms with Gasteiger partial charge < -0.3 is 9.84 Å². The molecule has 2 fully saturated rings. The second kappa shape index (κ2) is 5.84. The molecule has 0 bridgehead atoms. The Hall–Kier alpha value is -0.900. The van der Waals surface area contributed by atoms with E-state index < -0.39 is 0 Å². The lowest BCUT2D eigenvalue weighted by atomic mass is 9.78. The Bertz CT molecular complexity index is 428. The molecule has 3 unspecified atom stereocenters. The van der Waals surface area contributed by atoms with Gasteiger partial charge >= 0.3 is 0 Å². The average molecular weight is 275 g/mol. The van der Waals surface area contributed by atoms with Gasteiger partial charge in [0, 0.05) is 25.6 Å². The van der Waals surface area contributed by atoms with Crippen LogP contribution < -0.4 is 0 Å². The highest BCUT2D eigenvalue weighted by atomic mass is 16.5. The molecule has 0 radical (unpaired) electrons. The first-order valence-corrected chi connectivity index (χ1v) is 7.75. The first kappa shape index (κ1) is 14.1. The summed E-state index contributed by atoms with van der Waals surface area (Å²) in [6, 6.07) is 10.7. The second-order valence-electron chi connectivity index (χ2n) is 6.41. The van der Waals surface area contributed by atoms with E-state index >= 15 is 0 Å². The van der Waals surface area contributed by atoms with Crippen molar-refractivity contribution in [2.75, 3.05) is 13.7 Å². The van der Waals surface area contributed by atoms with E-state index in [4.69, 9.17) is 4.74 Å². The Morgan fingerprint density at radius 3 is 2.75 bits per heavy atom. The number of hydrogen-bond acceptors (Lipinski definition) is 3. The number of benzene rings is 1. The van der Waals surface area contributed by atoms with Gasteiger partial charge in [-0.1, -0.05) is 30.3 Å². The van der Waals surface area contributed by atoms with Crippen LogP contribution in [0, 0.1) is 0 Å². The smallest absolute Gasteiger partial charge is 0.0722 e. The Morgan fingerprint density at radius 1 is 1.30 bits per heavy atom. The summed E-state index contributed by atoms with van der Waals surface area (Å²) >= 11 is 0. The molecule has 110 valence electrons. The summed E-state index contributed by atoms with van der Waals surface area (Å²) in [4.78, 5) is 2.29. The van der Waals surface area contributed by atoms with Crippen molar-refractivity contribution in [1.82, 2.24) is 4.90 Å². The predicted octanol–water partition coefficient (Wildman–Crippen LogP) is 2.58. The summed E-state index contributed by atoms with van der Waals surface area (Å²) in [5, 5.41) is 10.5. The molecule has 1 N–H and O–H groups in total. The molecule has 3 rings (SSSR count). The lowest BCUT2D eigenvalue weighted by molar-refractivity contribution is -0.0917. The summed E-state index contributed by atoms with van der Waals surface area (Å²) < 4.78 is 5.92. The monoisotopic (exact) mass is 275 g/mol. The molecule has 1 saturated carbocycles. The number of likely N-dealkylation sites (N-methyl/N-ethyl adjacent to an activating group) is 1. The van der Waals surface area contributed by atoms with Crippen molar-refractivity contribution in [2.24, 2.45) is 0 Å². The van der Waals surface area contributed by atoms with Crippen LogP contribution in [0.2, 0.25) is 0 Å². The second-order valence-corrected chi connectivity index (χ2v) is 6.41. The molecule has 0 aromatic heterocycles. The van der Waals surface area contributed by atoms with E-state index in [-0.39, 0.29) is 17.7 Å². The maximum absolute atomic E-state index is 10.5. The molecule has 2 aliphatic rings. The van der Waals surface area contributed by atoms with E-state index in [0.717, 1.165) is 45.3 Å². The van der Waals surface area contributed by atoms with E-state index in [0.29, 0.717) is 0 Å². The van der Waals surface area contributed by atoms with Crippen molar-refractivity contribution in [3.05, 3.63) is 35.9 Å².